The van der Waals surface area contributed by atoms with E-state index >= 15 is 0 Å². The van der Waals surface area contributed by atoms with Crippen molar-refractivity contribution in [3.63, 3.8) is 0 Å². The minimum Gasteiger partial charge on any atom is -0.313 e. The average molecular weight is 191 g/mol. The molecule has 0 saturated heterocycles. The molecule has 12 heavy (non-hydrogen) atoms. The summed E-state index contributed by atoms with van der Waals surface area (Å²) >= 11 is 0. The fourth-order valence-corrected chi connectivity index (χ4v) is 2.48. The minimum absolute atomic E-state index is 0.241. The third kappa shape index (κ3) is 3.68. The molecule has 0 aromatic rings. The molecule has 0 bridgehead atoms. The Kier molecular flexibility index (Phi) is 5.76. The van der Waals surface area contributed by atoms with E-state index in [4.69, 9.17) is 0 Å². The Morgan fingerprint density at radius 1 is 1.25 bits per heavy atom. The second-order valence-electron chi connectivity index (χ2n) is 3.43. The van der Waals surface area contributed by atoms with Crippen molar-refractivity contribution in [3.05, 3.63) is 0 Å². The standard InChI is InChI=1S/C9H21NOS/c1-6-10-8(4)9(5)12(11)7(2)3/h7-10H,6H2,1-5H3. The van der Waals surface area contributed by atoms with Crippen molar-refractivity contribution in [2.75, 3.05) is 6.54 Å². The smallest absolute Gasteiger partial charge is 0.0472 e. The largest absolute Gasteiger partial charge is 0.313 e. The van der Waals surface area contributed by atoms with Crippen LogP contribution in [0.15, 0.2) is 0 Å². The lowest BCUT2D eigenvalue weighted by molar-refractivity contribution is 0.547. The molecule has 0 heterocycles. The number of nitrogens with one attached hydrogen (secondary N) is 1. The first kappa shape index (κ1) is 12.1. The Hall–Kier alpha value is 0.110. The van der Waals surface area contributed by atoms with Crippen LogP contribution in [0.5, 0.6) is 0 Å². The molecule has 0 saturated carbocycles. The number of hydrogen-bond donors (Lipinski definition) is 1. The molecular formula is C9H21NOS. The SMILES string of the molecule is CCNC(C)C(C)S(=O)C(C)C. The van der Waals surface area contributed by atoms with Crippen molar-refractivity contribution < 1.29 is 4.21 Å². The summed E-state index contributed by atoms with van der Waals surface area (Å²) in [5.74, 6) is 0. The van der Waals surface area contributed by atoms with E-state index in [2.05, 4.69) is 19.2 Å². The summed E-state index contributed by atoms with van der Waals surface area (Å²) in [6, 6.07) is 0.346. The predicted octanol–water partition coefficient (Wildman–Crippen LogP) is 1.53. The van der Waals surface area contributed by atoms with Crippen molar-refractivity contribution >= 4 is 10.8 Å². The highest BCUT2D eigenvalue weighted by molar-refractivity contribution is 7.86. The summed E-state index contributed by atoms with van der Waals surface area (Å²) in [4.78, 5) is 0. The third-order valence-corrected chi connectivity index (χ3v) is 4.13. The van der Waals surface area contributed by atoms with Gasteiger partial charge in [0.25, 0.3) is 0 Å². The van der Waals surface area contributed by atoms with Gasteiger partial charge in [-0.1, -0.05) is 20.8 Å². The van der Waals surface area contributed by atoms with Crippen LogP contribution in [0.4, 0.5) is 0 Å². The van der Waals surface area contributed by atoms with Gasteiger partial charge in [-0.05, 0) is 20.4 Å². The first-order valence-corrected chi connectivity index (χ1v) is 5.91. The van der Waals surface area contributed by atoms with Gasteiger partial charge in [-0.15, -0.1) is 0 Å². The van der Waals surface area contributed by atoms with E-state index in [1.165, 1.54) is 0 Å². The molecule has 0 aliphatic carbocycles. The van der Waals surface area contributed by atoms with Crippen LogP contribution in [0.2, 0.25) is 0 Å². The maximum Gasteiger partial charge on any atom is 0.0472 e. The van der Waals surface area contributed by atoms with Crippen molar-refractivity contribution in [2.24, 2.45) is 0 Å². The summed E-state index contributed by atoms with van der Waals surface area (Å²) in [6.07, 6.45) is 0. The van der Waals surface area contributed by atoms with E-state index in [9.17, 15) is 4.21 Å². The van der Waals surface area contributed by atoms with Gasteiger partial charge in [0, 0.05) is 27.3 Å². The van der Waals surface area contributed by atoms with Crippen LogP contribution in [-0.2, 0) is 10.8 Å². The van der Waals surface area contributed by atoms with E-state index in [-0.39, 0.29) is 10.5 Å². The second-order valence-corrected chi connectivity index (χ2v) is 5.77. The molecule has 0 spiro atoms. The van der Waals surface area contributed by atoms with Crippen LogP contribution in [0.1, 0.15) is 34.6 Å². The molecule has 3 atom stereocenters. The van der Waals surface area contributed by atoms with Crippen LogP contribution in [0.25, 0.3) is 0 Å². The summed E-state index contributed by atoms with van der Waals surface area (Å²) in [6.45, 7) is 11.2. The summed E-state index contributed by atoms with van der Waals surface area (Å²) < 4.78 is 11.6. The zero-order valence-electron chi connectivity index (χ0n) is 8.76. The lowest BCUT2D eigenvalue weighted by Crippen LogP contribution is -2.39. The first-order valence-electron chi connectivity index (χ1n) is 4.63. The maximum absolute atomic E-state index is 11.6. The van der Waals surface area contributed by atoms with Crippen molar-refractivity contribution in [2.45, 2.75) is 51.2 Å². The van der Waals surface area contributed by atoms with Gasteiger partial charge in [0.15, 0.2) is 0 Å². The third-order valence-electron chi connectivity index (χ3n) is 2.06. The molecule has 0 rings (SSSR count). The summed E-state index contributed by atoms with van der Waals surface area (Å²) in [5.41, 5.74) is 0. The van der Waals surface area contributed by atoms with Gasteiger partial charge in [-0.2, -0.15) is 0 Å². The van der Waals surface area contributed by atoms with Gasteiger partial charge >= 0.3 is 0 Å². The molecule has 0 aliphatic heterocycles. The Bertz CT molecular complexity index is 147. The average Bonchev–Trinajstić information content (AvgIpc) is 2.02. The highest BCUT2D eigenvalue weighted by atomic mass is 32.2. The lowest BCUT2D eigenvalue weighted by Gasteiger charge is -2.21. The van der Waals surface area contributed by atoms with Crippen LogP contribution in [0.3, 0.4) is 0 Å². The fourth-order valence-electron chi connectivity index (χ4n) is 1.12. The van der Waals surface area contributed by atoms with Crippen LogP contribution in [0, 0.1) is 0 Å². The molecule has 1 N–H and O–H groups in total. The zero-order chi connectivity index (χ0) is 9.72. The fraction of sp³-hybridized carbons (Fsp3) is 1.00. The molecule has 3 unspecified atom stereocenters. The normalized spacial score (nSPS) is 19.2. The molecule has 0 aromatic heterocycles. The van der Waals surface area contributed by atoms with E-state index < -0.39 is 10.8 Å². The molecule has 0 amide bonds. The predicted molar refractivity (Wildman–Crippen MR) is 55.9 cm³/mol. The Balaban J connectivity index is 4.00. The Morgan fingerprint density at radius 2 is 1.75 bits per heavy atom. The maximum atomic E-state index is 11.6. The molecular weight excluding hydrogens is 170 g/mol. The molecule has 0 aromatic carbocycles. The first-order chi connectivity index (χ1) is 5.50. The molecule has 0 aliphatic rings. The van der Waals surface area contributed by atoms with E-state index in [1.54, 1.807) is 0 Å². The van der Waals surface area contributed by atoms with Gasteiger partial charge in [0.2, 0.25) is 0 Å². The molecule has 2 nitrogen and oxygen atoms in total. The van der Waals surface area contributed by atoms with Gasteiger partial charge in [0.1, 0.15) is 0 Å². The zero-order valence-corrected chi connectivity index (χ0v) is 9.57. The second kappa shape index (κ2) is 5.70. The minimum atomic E-state index is -0.711. The van der Waals surface area contributed by atoms with Crippen LogP contribution < -0.4 is 5.32 Å². The highest BCUT2D eigenvalue weighted by Crippen LogP contribution is 2.07. The van der Waals surface area contributed by atoms with Gasteiger partial charge < -0.3 is 5.32 Å². The highest BCUT2D eigenvalue weighted by Gasteiger charge is 2.19. The monoisotopic (exact) mass is 191 g/mol. The van der Waals surface area contributed by atoms with Crippen molar-refractivity contribution in [3.8, 4) is 0 Å². The summed E-state index contributed by atoms with van der Waals surface area (Å²) in [7, 11) is -0.711. The topological polar surface area (TPSA) is 29.1 Å². The van der Waals surface area contributed by atoms with Crippen LogP contribution in [-0.4, -0.2) is 27.3 Å². The van der Waals surface area contributed by atoms with Gasteiger partial charge in [-0.3, -0.25) is 4.21 Å². The summed E-state index contributed by atoms with van der Waals surface area (Å²) in [5, 5.41) is 3.79. The van der Waals surface area contributed by atoms with Gasteiger partial charge in [-0.25, -0.2) is 0 Å². The lowest BCUT2D eigenvalue weighted by atomic mass is 10.2. The van der Waals surface area contributed by atoms with E-state index in [1.807, 2.05) is 20.8 Å². The quantitative estimate of drug-likeness (QED) is 0.714. The Labute approximate surface area is 78.6 Å². The number of hydrogen-bond acceptors (Lipinski definition) is 2. The Morgan fingerprint density at radius 3 is 2.08 bits per heavy atom. The molecule has 74 valence electrons. The molecule has 3 heteroatoms. The van der Waals surface area contributed by atoms with Crippen molar-refractivity contribution in [1.29, 1.82) is 0 Å². The van der Waals surface area contributed by atoms with Crippen molar-refractivity contribution in [1.82, 2.24) is 5.32 Å². The number of rotatable bonds is 5. The van der Waals surface area contributed by atoms with Gasteiger partial charge in [0.05, 0.1) is 0 Å². The molecule has 0 radical (unpaired) electrons. The molecule has 0 fully saturated rings. The van der Waals surface area contributed by atoms with Crippen LogP contribution >= 0.6 is 0 Å². The van der Waals surface area contributed by atoms with E-state index in [0.29, 0.717) is 6.04 Å². The van der Waals surface area contributed by atoms with E-state index in [0.717, 1.165) is 6.54 Å².